The van der Waals surface area contributed by atoms with Gasteiger partial charge >= 0.3 is 5.97 Å². The number of rotatable bonds is 5. The molecule has 0 bridgehead atoms. The Hall–Kier alpha value is -1.29. The van der Waals surface area contributed by atoms with Crippen molar-refractivity contribution < 1.29 is 14.3 Å². The first-order valence-corrected chi connectivity index (χ1v) is 6.39. The molecule has 0 aliphatic heterocycles. The summed E-state index contributed by atoms with van der Waals surface area (Å²) >= 11 is 1.03. The molecule has 4 heteroatoms. The van der Waals surface area contributed by atoms with E-state index < -0.39 is 5.25 Å². The molecule has 3 nitrogen and oxygen atoms in total. The summed E-state index contributed by atoms with van der Waals surface area (Å²) in [7, 11) is 0. The Kier molecular flexibility index (Phi) is 5.77. The van der Waals surface area contributed by atoms with E-state index in [1.54, 1.807) is 6.92 Å². The van der Waals surface area contributed by atoms with Crippen molar-refractivity contribution in [2.75, 3.05) is 6.61 Å². The lowest BCUT2D eigenvalue weighted by Gasteiger charge is -2.13. The molecule has 0 saturated heterocycles. The Labute approximate surface area is 106 Å². The molecule has 0 amide bonds. The zero-order valence-electron chi connectivity index (χ0n) is 10.0. The van der Waals surface area contributed by atoms with Crippen LogP contribution >= 0.6 is 11.8 Å². The van der Waals surface area contributed by atoms with Crippen molar-refractivity contribution in [2.45, 2.75) is 25.5 Å². The fraction of sp³-hybridized carbons (Fsp3) is 0.385. The van der Waals surface area contributed by atoms with Crippen LogP contribution in [0.5, 0.6) is 0 Å². The molecule has 0 heterocycles. The lowest BCUT2D eigenvalue weighted by atomic mass is 10.1. The summed E-state index contributed by atoms with van der Waals surface area (Å²) in [6.45, 7) is 3.56. The van der Waals surface area contributed by atoms with Gasteiger partial charge in [-0.15, -0.1) is 0 Å². The minimum Gasteiger partial charge on any atom is -0.465 e. The van der Waals surface area contributed by atoms with Gasteiger partial charge in [0, 0.05) is 6.92 Å². The molecule has 0 N–H and O–H groups in total. The summed E-state index contributed by atoms with van der Waals surface area (Å²) in [5, 5.41) is -0.520. The number of esters is 1. The molecule has 0 aliphatic carbocycles. The van der Waals surface area contributed by atoms with E-state index in [0.717, 1.165) is 17.3 Å². The lowest BCUT2D eigenvalue weighted by Crippen LogP contribution is -2.23. The highest BCUT2D eigenvalue weighted by atomic mass is 32.2. The molecule has 0 spiro atoms. The van der Waals surface area contributed by atoms with E-state index >= 15 is 0 Å². The van der Waals surface area contributed by atoms with E-state index in [4.69, 9.17) is 4.74 Å². The van der Waals surface area contributed by atoms with Gasteiger partial charge in [-0.3, -0.25) is 9.59 Å². The summed E-state index contributed by atoms with van der Waals surface area (Å²) < 4.78 is 4.97. The minimum absolute atomic E-state index is 0.0704. The highest BCUT2D eigenvalue weighted by Crippen LogP contribution is 2.18. The summed E-state index contributed by atoms with van der Waals surface area (Å²) in [4.78, 5) is 22.8. The van der Waals surface area contributed by atoms with Crippen LogP contribution < -0.4 is 0 Å². The molecule has 1 aromatic rings. The van der Waals surface area contributed by atoms with Crippen molar-refractivity contribution in [3.05, 3.63) is 35.9 Å². The van der Waals surface area contributed by atoms with Gasteiger partial charge < -0.3 is 4.74 Å². The van der Waals surface area contributed by atoms with Gasteiger partial charge in [0.25, 0.3) is 0 Å². The molecule has 1 aromatic carbocycles. The van der Waals surface area contributed by atoms with Gasteiger partial charge in [-0.05, 0) is 18.9 Å². The average Bonchev–Trinajstić information content (AvgIpc) is 2.29. The molecule has 0 aromatic heterocycles. The number of ether oxygens (including phenoxy) is 1. The number of benzene rings is 1. The maximum absolute atomic E-state index is 11.7. The third kappa shape index (κ3) is 5.04. The van der Waals surface area contributed by atoms with Crippen LogP contribution in [0.15, 0.2) is 30.3 Å². The van der Waals surface area contributed by atoms with E-state index in [0.29, 0.717) is 13.0 Å². The van der Waals surface area contributed by atoms with E-state index in [9.17, 15) is 9.59 Å². The maximum atomic E-state index is 11.7. The molecule has 92 valence electrons. The van der Waals surface area contributed by atoms with Crippen molar-refractivity contribution in [3.63, 3.8) is 0 Å². The van der Waals surface area contributed by atoms with Crippen LogP contribution in [0.4, 0.5) is 0 Å². The van der Waals surface area contributed by atoms with Gasteiger partial charge in [0.1, 0.15) is 5.25 Å². The predicted octanol–water partition coefficient (Wildman–Crippen LogP) is 2.44. The van der Waals surface area contributed by atoms with Gasteiger partial charge in [0.2, 0.25) is 0 Å². The molecule has 0 fully saturated rings. The molecule has 0 radical (unpaired) electrons. The molecule has 17 heavy (non-hydrogen) atoms. The molecule has 0 saturated carbocycles. The zero-order valence-corrected chi connectivity index (χ0v) is 10.8. The van der Waals surface area contributed by atoms with E-state index in [2.05, 4.69) is 0 Å². The first-order chi connectivity index (χ1) is 8.13. The van der Waals surface area contributed by atoms with Crippen LogP contribution in [0.25, 0.3) is 0 Å². The van der Waals surface area contributed by atoms with Gasteiger partial charge in [-0.2, -0.15) is 0 Å². The fourth-order valence-corrected chi connectivity index (χ4v) is 2.28. The molecule has 1 rings (SSSR count). The Balaban J connectivity index is 2.70. The Morgan fingerprint density at radius 2 is 1.94 bits per heavy atom. The van der Waals surface area contributed by atoms with Crippen LogP contribution in [-0.4, -0.2) is 22.9 Å². The number of hydrogen-bond acceptors (Lipinski definition) is 4. The summed E-state index contributed by atoms with van der Waals surface area (Å²) in [6, 6.07) is 9.62. The fourth-order valence-electron chi connectivity index (χ4n) is 1.44. The quantitative estimate of drug-likeness (QED) is 0.755. The third-order valence-corrected chi connectivity index (χ3v) is 3.10. The molecular formula is C13H16O3S. The van der Waals surface area contributed by atoms with E-state index in [1.165, 1.54) is 6.92 Å². The highest BCUT2D eigenvalue weighted by Gasteiger charge is 2.22. The smallest absolute Gasteiger partial charge is 0.319 e. The number of hydrogen-bond donors (Lipinski definition) is 0. The van der Waals surface area contributed by atoms with Crippen LogP contribution in [0.3, 0.4) is 0 Å². The first kappa shape index (κ1) is 13.8. The molecule has 0 unspecified atom stereocenters. The van der Waals surface area contributed by atoms with Crippen LogP contribution in [0.2, 0.25) is 0 Å². The SMILES string of the molecule is CCOC(=O)[C@H](Cc1ccccc1)SC(C)=O. The monoisotopic (exact) mass is 252 g/mol. The number of thioether (sulfide) groups is 1. The Morgan fingerprint density at radius 1 is 1.29 bits per heavy atom. The van der Waals surface area contributed by atoms with Crippen molar-refractivity contribution in [3.8, 4) is 0 Å². The maximum Gasteiger partial charge on any atom is 0.319 e. The standard InChI is InChI=1S/C13H16O3S/c1-3-16-13(15)12(17-10(2)14)9-11-7-5-4-6-8-11/h4-8,12H,3,9H2,1-2H3/t12-/m0/s1. The van der Waals surface area contributed by atoms with Crippen molar-refractivity contribution in [1.29, 1.82) is 0 Å². The topological polar surface area (TPSA) is 43.4 Å². The van der Waals surface area contributed by atoms with Crippen molar-refractivity contribution >= 4 is 22.8 Å². The second-order valence-electron chi connectivity index (χ2n) is 3.54. The van der Waals surface area contributed by atoms with E-state index in [1.807, 2.05) is 30.3 Å². The predicted molar refractivity (Wildman–Crippen MR) is 68.8 cm³/mol. The number of carbonyl (C=O) groups excluding carboxylic acids is 2. The summed E-state index contributed by atoms with van der Waals surface area (Å²) in [5.74, 6) is -0.323. The van der Waals surface area contributed by atoms with E-state index in [-0.39, 0.29) is 11.1 Å². The number of carbonyl (C=O) groups is 2. The minimum atomic E-state index is -0.449. The van der Waals surface area contributed by atoms with Gasteiger partial charge in [-0.25, -0.2) is 0 Å². The second kappa shape index (κ2) is 7.12. The van der Waals surface area contributed by atoms with Crippen LogP contribution in [0, 0.1) is 0 Å². The Bertz CT molecular complexity index is 376. The van der Waals surface area contributed by atoms with Gasteiger partial charge in [0.15, 0.2) is 5.12 Å². The van der Waals surface area contributed by atoms with Gasteiger partial charge in [0.05, 0.1) is 6.61 Å². The summed E-state index contributed by atoms with van der Waals surface area (Å²) in [5.41, 5.74) is 1.03. The third-order valence-electron chi connectivity index (χ3n) is 2.12. The second-order valence-corrected chi connectivity index (χ2v) is 4.92. The van der Waals surface area contributed by atoms with Crippen molar-refractivity contribution in [2.24, 2.45) is 0 Å². The van der Waals surface area contributed by atoms with Crippen molar-refractivity contribution in [1.82, 2.24) is 0 Å². The molecule has 1 atom stereocenters. The average molecular weight is 252 g/mol. The molecular weight excluding hydrogens is 236 g/mol. The molecule has 0 aliphatic rings. The first-order valence-electron chi connectivity index (χ1n) is 5.51. The largest absolute Gasteiger partial charge is 0.465 e. The Morgan fingerprint density at radius 3 is 2.47 bits per heavy atom. The lowest BCUT2D eigenvalue weighted by molar-refractivity contribution is -0.142. The zero-order chi connectivity index (χ0) is 12.7. The summed E-state index contributed by atoms with van der Waals surface area (Å²) in [6.07, 6.45) is 0.518. The highest BCUT2D eigenvalue weighted by molar-refractivity contribution is 8.14. The van der Waals surface area contributed by atoms with Gasteiger partial charge in [-0.1, -0.05) is 42.1 Å². The normalized spacial score (nSPS) is 11.9. The van der Waals surface area contributed by atoms with Crippen LogP contribution in [-0.2, 0) is 20.7 Å². The van der Waals surface area contributed by atoms with Crippen LogP contribution in [0.1, 0.15) is 19.4 Å².